The minimum Gasteiger partial charge on any atom is -0.487 e. The number of aliphatic hydroxyl groups is 1. The first-order chi connectivity index (χ1) is 12.9. The van der Waals surface area contributed by atoms with E-state index in [2.05, 4.69) is 58.6 Å². The number of hydrogen-bond acceptors (Lipinski definition) is 4. The van der Waals surface area contributed by atoms with Gasteiger partial charge in [0.25, 0.3) is 0 Å². The van der Waals surface area contributed by atoms with E-state index in [-0.39, 0.29) is 39.4 Å². The van der Waals surface area contributed by atoms with Gasteiger partial charge in [0.2, 0.25) is 0 Å². The molecule has 1 aromatic rings. The molecule has 0 amide bonds. The molecule has 1 aromatic carbocycles. The normalized spacial score (nSPS) is 20.0. The van der Waals surface area contributed by atoms with Crippen LogP contribution in [0.1, 0.15) is 66.4 Å². The number of carbonyl (C=O) groups excluding carboxylic acids is 1. The monoisotopic (exact) mass is 481 g/mol. The van der Waals surface area contributed by atoms with E-state index in [1.54, 1.807) is 6.42 Å². The van der Waals surface area contributed by atoms with Gasteiger partial charge in [-0.05, 0) is 46.1 Å². The summed E-state index contributed by atoms with van der Waals surface area (Å²) in [4.78, 5) is 14.3. The molecule has 0 unspecified atom stereocenters. The number of carbonyl (C=O) groups is 1. The van der Waals surface area contributed by atoms with Gasteiger partial charge in [0.1, 0.15) is 6.61 Å². The van der Waals surface area contributed by atoms with Crippen molar-refractivity contribution < 1.29 is 37.0 Å². The summed E-state index contributed by atoms with van der Waals surface area (Å²) in [5.74, 6) is 0.219. The van der Waals surface area contributed by atoms with Gasteiger partial charge in [-0.25, -0.2) is 0 Å². The van der Waals surface area contributed by atoms with Crippen molar-refractivity contribution in [2.45, 2.75) is 83.9 Å². The Morgan fingerprint density at radius 2 is 1.69 bits per heavy atom. The molecule has 1 radical (unpaired) electrons. The molecule has 0 aliphatic carbocycles. The third kappa shape index (κ3) is 7.76. The number of nitrogens with zero attached hydrogens (tertiary/aromatic N) is 1. The van der Waals surface area contributed by atoms with Crippen molar-refractivity contribution in [2.75, 3.05) is 13.2 Å². The molecule has 0 spiro atoms. The van der Waals surface area contributed by atoms with Crippen LogP contribution in [0.15, 0.2) is 30.3 Å². The molecule has 0 bridgehead atoms. The molecule has 0 aromatic heterocycles. The standard InChI is InChI=1S/C24H38NO3.Nb/c1-19(2)12-13-21(26)28-15-14-25-22(3,4)17-24(27,18-23(25,5)6)16-20-10-8-7-9-11-20;/h7-11,13,19,27H,12,14-18H2,1-6H3;/q-1;. The summed E-state index contributed by atoms with van der Waals surface area (Å²) in [5.41, 5.74) is 0.0327. The summed E-state index contributed by atoms with van der Waals surface area (Å²) in [5, 5.41) is 11.4. The molecule has 1 saturated heterocycles. The van der Waals surface area contributed by atoms with Crippen molar-refractivity contribution in [3.63, 3.8) is 0 Å². The minimum atomic E-state index is -0.743. The summed E-state index contributed by atoms with van der Waals surface area (Å²) in [6, 6.07) is 10.2. The van der Waals surface area contributed by atoms with Crippen molar-refractivity contribution in [1.29, 1.82) is 0 Å². The second-order valence-corrected chi connectivity index (χ2v) is 10.0. The number of likely N-dealkylation sites (tertiary alicyclic amines) is 1. The van der Waals surface area contributed by atoms with Crippen LogP contribution in [0.3, 0.4) is 0 Å². The SMILES string of the molecule is CC(C)C[CH-]C(=O)OCCN1C(C)(C)CC(O)(Cc2ccccc2)CC1(C)C.[Nb]. The van der Waals surface area contributed by atoms with Crippen molar-refractivity contribution >= 4 is 5.97 Å². The van der Waals surface area contributed by atoms with Crippen LogP contribution in [0, 0.1) is 12.3 Å². The van der Waals surface area contributed by atoms with E-state index in [0.29, 0.717) is 38.3 Å². The Hall–Kier alpha value is -0.780. The van der Waals surface area contributed by atoms with Crippen LogP contribution in [-0.4, -0.2) is 45.8 Å². The molecule has 1 N–H and O–H groups in total. The van der Waals surface area contributed by atoms with Crippen molar-refractivity contribution in [3.8, 4) is 0 Å². The van der Waals surface area contributed by atoms with E-state index in [9.17, 15) is 9.90 Å². The zero-order valence-corrected chi connectivity index (χ0v) is 21.1. The van der Waals surface area contributed by atoms with Crippen molar-refractivity contribution in [2.24, 2.45) is 5.92 Å². The maximum absolute atomic E-state index is 11.9. The maximum Gasteiger partial charge on any atom is 0.167 e. The molecule has 1 heterocycles. The molecule has 1 fully saturated rings. The second kappa shape index (κ2) is 10.5. The van der Waals surface area contributed by atoms with Crippen LogP contribution in [0.5, 0.6) is 0 Å². The molecule has 29 heavy (non-hydrogen) atoms. The predicted octanol–water partition coefficient (Wildman–Crippen LogP) is 4.40. The number of ether oxygens (including phenoxy) is 1. The Labute approximate surface area is 192 Å². The van der Waals surface area contributed by atoms with Gasteiger partial charge in [-0.15, -0.1) is 0 Å². The fraction of sp³-hybridized carbons (Fsp3) is 0.667. The largest absolute Gasteiger partial charge is 0.487 e. The van der Waals surface area contributed by atoms with Crippen molar-refractivity contribution in [3.05, 3.63) is 42.3 Å². The summed E-state index contributed by atoms with van der Waals surface area (Å²) >= 11 is 0. The number of esters is 1. The third-order valence-electron chi connectivity index (χ3n) is 5.68. The van der Waals surface area contributed by atoms with Crippen molar-refractivity contribution in [1.82, 2.24) is 4.90 Å². The molecule has 0 atom stereocenters. The van der Waals surface area contributed by atoms with E-state index in [0.717, 1.165) is 6.42 Å². The first-order valence-electron chi connectivity index (χ1n) is 10.5. The predicted molar refractivity (Wildman–Crippen MR) is 114 cm³/mol. The Morgan fingerprint density at radius 1 is 1.14 bits per heavy atom. The first-order valence-corrected chi connectivity index (χ1v) is 10.5. The quantitative estimate of drug-likeness (QED) is 0.340. The van der Waals surface area contributed by atoms with Crippen LogP contribution < -0.4 is 0 Å². The maximum atomic E-state index is 11.9. The molecule has 0 saturated carbocycles. The molecule has 1 aliphatic heterocycles. The topological polar surface area (TPSA) is 49.8 Å². The Bertz CT molecular complexity index is 625. The van der Waals surface area contributed by atoms with Gasteiger partial charge in [0.05, 0.1) is 5.60 Å². The van der Waals surface area contributed by atoms with E-state index in [1.807, 2.05) is 18.2 Å². The fourth-order valence-corrected chi connectivity index (χ4v) is 5.02. The number of hydrogen-bond donors (Lipinski definition) is 1. The van der Waals surface area contributed by atoms with Crippen LogP contribution in [0.2, 0.25) is 0 Å². The first kappa shape index (κ1) is 26.3. The fourth-order valence-electron chi connectivity index (χ4n) is 5.02. The van der Waals surface area contributed by atoms with Crippen LogP contribution in [-0.2, 0) is 38.3 Å². The van der Waals surface area contributed by atoms with Gasteiger partial charge < -0.3 is 9.84 Å². The third-order valence-corrected chi connectivity index (χ3v) is 5.68. The van der Waals surface area contributed by atoms with E-state index < -0.39 is 5.60 Å². The molecule has 5 heteroatoms. The van der Waals surface area contributed by atoms with Gasteiger partial charge in [-0.3, -0.25) is 16.1 Å². The van der Waals surface area contributed by atoms with Crippen LogP contribution in [0.25, 0.3) is 0 Å². The molecule has 4 nitrogen and oxygen atoms in total. The van der Waals surface area contributed by atoms with E-state index >= 15 is 0 Å². The summed E-state index contributed by atoms with van der Waals surface area (Å²) < 4.78 is 5.43. The summed E-state index contributed by atoms with van der Waals surface area (Å²) in [7, 11) is 0. The zero-order valence-electron chi connectivity index (χ0n) is 18.9. The second-order valence-electron chi connectivity index (χ2n) is 10.0. The Kier molecular flexibility index (Phi) is 9.50. The van der Waals surface area contributed by atoms with Gasteiger partial charge in [-0.2, -0.15) is 6.42 Å². The molecule has 163 valence electrons. The molecule has 2 rings (SSSR count). The summed E-state index contributed by atoms with van der Waals surface area (Å²) in [6.07, 6.45) is 4.41. The van der Waals surface area contributed by atoms with Gasteiger partial charge >= 0.3 is 0 Å². The van der Waals surface area contributed by atoms with Gasteiger partial charge in [0, 0.05) is 46.4 Å². The number of rotatable bonds is 8. The average Bonchev–Trinajstić information content (AvgIpc) is 2.54. The van der Waals surface area contributed by atoms with E-state index in [1.165, 1.54) is 5.56 Å². The minimum absolute atomic E-state index is 0. The number of benzene rings is 1. The average molecular weight is 481 g/mol. The smallest absolute Gasteiger partial charge is 0.167 e. The Balaban J connectivity index is 0.00000420. The van der Waals surface area contributed by atoms with Crippen LogP contribution >= 0.6 is 0 Å². The van der Waals surface area contributed by atoms with Gasteiger partial charge in [0.15, 0.2) is 5.97 Å². The zero-order chi connectivity index (χ0) is 21.0. The molecule has 1 aliphatic rings. The molecular weight excluding hydrogens is 443 g/mol. The summed E-state index contributed by atoms with van der Waals surface area (Å²) in [6.45, 7) is 13.9. The van der Waals surface area contributed by atoms with E-state index in [4.69, 9.17) is 4.74 Å². The molecular formula is C24H38NNbO3-. The Morgan fingerprint density at radius 3 is 2.21 bits per heavy atom. The number of piperidine rings is 1. The van der Waals surface area contributed by atoms with Crippen LogP contribution in [0.4, 0.5) is 0 Å². The van der Waals surface area contributed by atoms with Gasteiger partial charge in [-0.1, -0.05) is 50.1 Å².